The minimum absolute atomic E-state index is 0.166. The van der Waals surface area contributed by atoms with Crippen molar-refractivity contribution in [2.24, 2.45) is 0 Å². The molecule has 11 heteroatoms. The molecule has 1 unspecified atom stereocenters. The van der Waals surface area contributed by atoms with E-state index in [0.29, 0.717) is 44.1 Å². The van der Waals surface area contributed by atoms with E-state index in [1.807, 2.05) is 85.2 Å². The number of aromatic nitrogens is 3. The van der Waals surface area contributed by atoms with E-state index in [0.717, 1.165) is 59.8 Å². The molecule has 6 aromatic rings. The van der Waals surface area contributed by atoms with E-state index in [9.17, 15) is 9.59 Å². The Hall–Kier alpha value is -5.09. The zero-order valence-electron chi connectivity index (χ0n) is 31.0. The van der Waals surface area contributed by atoms with Crippen LogP contribution in [0.15, 0.2) is 97.3 Å². The maximum Gasteiger partial charge on any atom is 0.337 e. The molecule has 8 rings (SSSR count). The van der Waals surface area contributed by atoms with E-state index in [4.69, 9.17) is 32.9 Å². The largest absolute Gasteiger partial charge is 0.465 e. The molecule has 1 amide bonds. The number of rotatable bonds is 9. The van der Waals surface area contributed by atoms with Gasteiger partial charge >= 0.3 is 5.97 Å². The number of ether oxygens (including phenoxy) is 1. The molecule has 2 fully saturated rings. The van der Waals surface area contributed by atoms with Crippen LogP contribution in [-0.4, -0.2) is 70.6 Å². The lowest BCUT2D eigenvalue weighted by Crippen LogP contribution is -2.51. The van der Waals surface area contributed by atoms with E-state index in [-0.39, 0.29) is 11.9 Å². The summed E-state index contributed by atoms with van der Waals surface area (Å²) in [6.45, 7) is 5.63. The van der Waals surface area contributed by atoms with Crippen LogP contribution >= 0.6 is 23.2 Å². The second kappa shape index (κ2) is 15.9. The lowest BCUT2D eigenvalue weighted by Gasteiger charge is -2.42. The number of hydrogen-bond acceptors (Lipinski definition) is 6. The van der Waals surface area contributed by atoms with Crippen LogP contribution in [0.3, 0.4) is 0 Å². The number of benzene rings is 4. The number of esters is 1. The summed E-state index contributed by atoms with van der Waals surface area (Å²) in [5.41, 5.74) is 6.94. The van der Waals surface area contributed by atoms with Gasteiger partial charge in [0.25, 0.3) is 5.91 Å². The number of halogens is 2. The molecule has 0 radical (unpaired) electrons. The Morgan fingerprint density at radius 3 is 2.33 bits per heavy atom. The minimum atomic E-state index is -0.474. The molecule has 1 atom stereocenters. The molecule has 9 nitrogen and oxygen atoms in total. The highest BCUT2D eigenvalue weighted by atomic mass is 35.5. The van der Waals surface area contributed by atoms with Gasteiger partial charge in [-0.05, 0) is 67.8 Å². The standard InChI is InChI=1S/C44H44Cl2N6O3/c1-28(29-13-16-32(45)17-14-29)52-27-47-40(30-9-5-3-6-10-30)42(52)39-35-19-18-33(46)26-36(35)48-41(39)43(53)49-37-25-31(44(54)55-2)15-20-38(37)51-23-21-50(22-24-51)34-11-7-4-8-12-34/h3,5-6,9-10,13-20,25-28,34,48H,4,7-8,11-12,21-24H2,1-2H3,(H,49,53). The van der Waals surface area contributed by atoms with E-state index < -0.39 is 5.97 Å². The summed E-state index contributed by atoms with van der Waals surface area (Å²) < 4.78 is 7.20. The Balaban J connectivity index is 1.22. The van der Waals surface area contributed by atoms with Gasteiger partial charge in [-0.15, -0.1) is 0 Å². The molecule has 1 saturated carbocycles. The number of nitrogens with zero attached hydrogens (tertiary/aromatic N) is 4. The smallest absolute Gasteiger partial charge is 0.337 e. The number of fused-ring (bicyclic) bond motifs is 1. The number of imidazole rings is 1. The molecule has 0 bridgehead atoms. The maximum absolute atomic E-state index is 14.9. The Bertz CT molecular complexity index is 2320. The third kappa shape index (κ3) is 7.49. The number of carbonyl (C=O) groups excluding carboxylic acids is 2. The number of methoxy groups -OCH3 is 1. The van der Waals surface area contributed by atoms with Crippen LogP contribution in [0.5, 0.6) is 0 Å². The SMILES string of the molecule is COC(=O)c1ccc(N2CCN(C3CCCCC3)CC2)c(NC(=O)c2[nH]c3cc(Cl)ccc3c2-c2c(-c3ccccc3)ncn2C(C)c2ccc(Cl)cc2)c1. The van der Waals surface area contributed by atoms with Crippen molar-refractivity contribution in [3.8, 4) is 22.5 Å². The fourth-order valence-corrected chi connectivity index (χ4v) is 8.61. The molecule has 2 N–H and O–H groups in total. The average molecular weight is 776 g/mol. The zero-order valence-corrected chi connectivity index (χ0v) is 32.5. The summed E-state index contributed by atoms with van der Waals surface area (Å²) in [5, 5.41) is 5.24. The molecule has 1 aliphatic heterocycles. The Labute approximate surface area is 331 Å². The summed E-state index contributed by atoms with van der Waals surface area (Å²) in [6, 6.07) is 29.2. The second-order valence-electron chi connectivity index (χ2n) is 14.5. The average Bonchev–Trinajstić information content (AvgIpc) is 3.83. The number of hydrogen-bond donors (Lipinski definition) is 2. The molecule has 4 aromatic carbocycles. The lowest BCUT2D eigenvalue weighted by molar-refractivity contribution is 0.0600. The first kappa shape index (κ1) is 36.9. The Kier molecular flexibility index (Phi) is 10.7. The van der Waals surface area contributed by atoms with Crippen LogP contribution in [-0.2, 0) is 4.74 Å². The van der Waals surface area contributed by atoms with Crippen molar-refractivity contribution in [3.05, 3.63) is 124 Å². The second-order valence-corrected chi connectivity index (χ2v) is 15.4. The topological polar surface area (TPSA) is 95.5 Å². The van der Waals surface area contributed by atoms with Gasteiger partial charge < -0.3 is 24.5 Å². The summed E-state index contributed by atoms with van der Waals surface area (Å²) in [7, 11) is 1.36. The number of H-pyrrole nitrogens is 1. The number of nitrogens with one attached hydrogen (secondary N) is 2. The van der Waals surface area contributed by atoms with Crippen molar-refractivity contribution in [1.29, 1.82) is 0 Å². The molecule has 2 aliphatic rings. The molecule has 0 spiro atoms. The molecule has 282 valence electrons. The summed E-state index contributed by atoms with van der Waals surface area (Å²) >= 11 is 12.8. The van der Waals surface area contributed by atoms with Gasteiger partial charge in [0.15, 0.2) is 0 Å². The van der Waals surface area contributed by atoms with Gasteiger partial charge in [0.1, 0.15) is 5.69 Å². The first-order chi connectivity index (χ1) is 26.8. The molecule has 1 saturated heterocycles. The van der Waals surface area contributed by atoms with Gasteiger partial charge in [-0.25, -0.2) is 9.78 Å². The number of anilines is 2. The number of aromatic amines is 1. The van der Waals surface area contributed by atoms with Gasteiger partial charge in [0.2, 0.25) is 0 Å². The Morgan fingerprint density at radius 2 is 1.60 bits per heavy atom. The van der Waals surface area contributed by atoms with E-state index >= 15 is 0 Å². The van der Waals surface area contributed by atoms with Crippen molar-refractivity contribution in [1.82, 2.24) is 19.4 Å². The van der Waals surface area contributed by atoms with Crippen molar-refractivity contribution in [2.75, 3.05) is 43.5 Å². The van der Waals surface area contributed by atoms with E-state index in [1.54, 1.807) is 12.1 Å². The number of piperazine rings is 1. The van der Waals surface area contributed by atoms with Gasteiger partial charge in [-0.3, -0.25) is 9.69 Å². The quantitative estimate of drug-likeness (QED) is 0.142. The highest BCUT2D eigenvalue weighted by Gasteiger charge is 2.30. The van der Waals surface area contributed by atoms with E-state index in [2.05, 4.69) is 31.6 Å². The van der Waals surface area contributed by atoms with Gasteiger partial charge in [0, 0.05) is 64.3 Å². The van der Waals surface area contributed by atoms with Gasteiger partial charge in [0.05, 0.1) is 47.8 Å². The number of amides is 1. The van der Waals surface area contributed by atoms with Crippen LogP contribution in [0.4, 0.5) is 11.4 Å². The van der Waals surface area contributed by atoms with E-state index in [1.165, 1.54) is 39.2 Å². The normalized spacial score (nSPS) is 16.0. The first-order valence-electron chi connectivity index (χ1n) is 19.0. The third-order valence-corrected chi connectivity index (χ3v) is 11.7. The summed E-state index contributed by atoms with van der Waals surface area (Å²) in [4.78, 5) is 41.0. The molecule has 1 aliphatic carbocycles. The first-order valence-corrected chi connectivity index (χ1v) is 19.8. The zero-order chi connectivity index (χ0) is 38.1. The van der Waals surface area contributed by atoms with Crippen molar-refractivity contribution in [3.63, 3.8) is 0 Å². The molecule has 2 aromatic heterocycles. The third-order valence-electron chi connectivity index (χ3n) is 11.2. The van der Waals surface area contributed by atoms with Crippen LogP contribution in [0.2, 0.25) is 10.0 Å². The molecular formula is C44H44Cl2N6O3. The van der Waals surface area contributed by atoms with Crippen LogP contribution in [0, 0.1) is 0 Å². The van der Waals surface area contributed by atoms with Crippen LogP contribution < -0.4 is 10.2 Å². The summed E-state index contributed by atoms with van der Waals surface area (Å²) in [5.74, 6) is -0.838. The molecule has 3 heterocycles. The lowest BCUT2D eigenvalue weighted by atomic mass is 9.94. The summed E-state index contributed by atoms with van der Waals surface area (Å²) in [6.07, 6.45) is 8.27. The minimum Gasteiger partial charge on any atom is -0.465 e. The monoisotopic (exact) mass is 774 g/mol. The predicted molar refractivity (Wildman–Crippen MR) is 222 cm³/mol. The van der Waals surface area contributed by atoms with Crippen LogP contribution in [0.25, 0.3) is 33.4 Å². The fraction of sp³-hybridized carbons (Fsp3) is 0.295. The molecule has 55 heavy (non-hydrogen) atoms. The highest BCUT2D eigenvalue weighted by molar-refractivity contribution is 6.31. The van der Waals surface area contributed by atoms with Crippen molar-refractivity contribution >= 4 is 57.4 Å². The molecular weight excluding hydrogens is 731 g/mol. The number of carbonyl (C=O) groups is 2. The Morgan fingerprint density at radius 1 is 0.873 bits per heavy atom. The van der Waals surface area contributed by atoms with Gasteiger partial charge in [-0.2, -0.15) is 0 Å². The highest BCUT2D eigenvalue weighted by Crippen LogP contribution is 2.42. The maximum atomic E-state index is 14.9. The van der Waals surface area contributed by atoms with Crippen molar-refractivity contribution < 1.29 is 14.3 Å². The fourth-order valence-electron chi connectivity index (χ4n) is 8.31. The van der Waals surface area contributed by atoms with Gasteiger partial charge in [-0.1, -0.05) is 91.0 Å². The predicted octanol–water partition coefficient (Wildman–Crippen LogP) is 10.1. The van der Waals surface area contributed by atoms with Crippen LogP contribution in [0.1, 0.15) is 71.5 Å². The van der Waals surface area contributed by atoms with Crippen molar-refractivity contribution in [2.45, 2.75) is 51.1 Å².